The van der Waals surface area contributed by atoms with Gasteiger partial charge in [0.2, 0.25) is 0 Å². The van der Waals surface area contributed by atoms with E-state index in [-0.39, 0.29) is 11.7 Å². The summed E-state index contributed by atoms with van der Waals surface area (Å²) in [5.74, 6) is 0. The van der Waals surface area contributed by atoms with E-state index in [1.54, 1.807) is 0 Å². The number of aliphatic hydroxyl groups is 2. The van der Waals surface area contributed by atoms with Gasteiger partial charge in [0.05, 0.1) is 18.2 Å². The molecule has 1 aliphatic carbocycles. The van der Waals surface area contributed by atoms with E-state index < -0.39 is 25.8 Å². The summed E-state index contributed by atoms with van der Waals surface area (Å²) < 4.78 is 10.8. The van der Waals surface area contributed by atoms with Gasteiger partial charge >= 0.3 is 7.60 Å². The molecule has 3 atom stereocenters. The highest BCUT2D eigenvalue weighted by Gasteiger charge is 2.35. The zero-order valence-electron chi connectivity index (χ0n) is 7.50. The van der Waals surface area contributed by atoms with Gasteiger partial charge in [-0.25, -0.2) is 0 Å². The summed E-state index contributed by atoms with van der Waals surface area (Å²) in [6.45, 7) is 0. The first-order chi connectivity index (χ1) is 6.86. The largest absolute Gasteiger partial charge is 0.392 e. The third-order valence-corrected chi connectivity index (χ3v) is 3.16. The zero-order chi connectivity index (χ0) is 11.6. The molecule has 0 aromatic rings. The molecule has 0 fully saturated rings. The van der Waals surface area contributed by atoms with E-state index in [1.807, 2.05) is 0 Å². The molecule has 84 valence electrons. The number of nitrogens with zero attached hydrogens (tertiary/aromatic N) is 3. The van der Waals surface area contributed by atoms with Gasteiger partial charge < -0.3 is 20.0 Å². The number of azide groups is 1. The Hall–Kier alpha value is -0.880. The van der Waals surface area contributed by atoms with Crippen LogP contribution in [0.5, 0.6) is 0 Å². The lowest BCUT2D eigenvalue weighted by atomic mass is 9.97. The lowest BCUT2D eigenvalue weighted by molar-refractivity contribution is 0.0701. The fourth-order valence-electron chi connectivity index (χ4n) is 1.35. The average Bonchev–Trinajstić information content (AvgIpc) is 2.09. The smallest absolute Gasteiger partial charge is 0.352 e. The van der Waals surface area contributed by atoms with Crippen LogP contribution in [0.15, 0.2) is 16.5 Å². The van der Waals surface area contributed by atoms with Gasteiger partial charge in [-0.05, 0) is 11.6 Å². The SMILES string of the molecule is [N-]=[N+]=N[C@H]1[C@H](O)C=C(P(=O)(O)O)C[C@@H]1O. The molecule has 0 aromatic carbocycles. The Balaban J connectivity index is 2.99. The van der Waals surface area contributed by atoms with Crippen molar-refractivity contribution in [2.24, 2.45) is 5.11 Å². The Morgan fingerprint density at radius 1 is 1.53 bits per heavy atom. The van der Waals surface area contributed by atoms with E-state index in [0.717, 1.165) is 6.08 Å². The minimum absolute atomic E-state index is 0.314. The second-order valence-corrected chi connectivity index (χ2v) is 4.82. The van der Waals surface area contributed by atoms with E-state index in [1.165, 1.54) is 0 Å². The van der Waals surface area contributed by atoms with Crippen molar-refractivity contribution in [3.8, 4) is 0 Å². The number of aliphatic hydroxyl groups excluding tert-OH is 2. The number of hydrogen-bond acceptors (Lipinski definition) is 4. The highest BCUT2D eigenvalue weighted by molar-refractivity contribution is 7.56. The topological polar surface area (TPSA) is 147 Å². The van der Waals surface area contributed by atoms with E-state index in [2.05, 4.69) is 10.0 Å². The first-order valence-corrected chi connectivity index (χ1v) is 5.64. The highest BCUT2D eigenvalue weighted by Crippen LogP contribution is 2.49. The second kappa shape index (κ2) is 4.32. The minimum Gasteiger partial charge on any atom is -0.392 e. The zero-order valence-corrected chi connectivity index (χ0v) is 8.40. The van der Waals surface area contributed by atoms with Crippen LogP contribution in [0.1, 0.15) is 6.42 Å². The van der Waals surface area contributed by atoms with Crippen LogP contribution in [0.2, 0.25) is 0 Å². The molecule has 9 heteroatoms. The van der Waals surface area contributed by atoms with E-state index in [0.29, 0.717) is 0 Å². The molecular weight excluding hydrogens is 225 g/mol. The normalized spacial score (nSPS) is 31.7. The molecule has 1 aliphatic rings. The van der Waals surface area contributed by atoms with Gasteiger partial charge in [-0.15, -0.1) is 0 Å². The summed E-state index contributed by atoms with van der Waals surface area (Å²) in [4.78, 5) is 20.1. The van der Waals surface area contributed by atoms with Crippen molar-refractivity contribution >= 4 is 7.60 Å². The molecule has 0 saturated carbocycles. The van der Waals surface area contributed by atoms with Gasteiger partial charge in [-0.3, -0.25) is 4.57 Å². The van der Waals surface area contributed by atoms with Crippen LogP contribution in [0.4, 0.5) is 0 Å². The molecule has 0 saturated heterocycles. The third-order valence-electron chi connectivity index (χ3n) is 2.08. The van der Waals surface area contributed by atoms with Crippen LogP contribution >= 0.6 is 7.60 Å². The predicted molar refractivity (Wildman–Crippen MR) is 49.7 cm³/mol. The van der Waals surface area contributed by atoms with Crippen LogP contribution in [0.3, 0.4) is 0 Å². The van der Waals surface area contributed by atoms with Crippen molar-refractivity contribution < 1.29 is 24.6 Å². The average molecular weight is 235 g/mol. The van der Waals surface area contributed by atoms with Gasteiger partial charge in [0, 0.05) is 16.6 Å². The Morgan fingerprint density at radius 3 is 2.53 bits per heavy atom. The fraction of sp³-hybridized carbons (Fsp3) is 0.667. The van der Waals surface area contributed by atoms with Gasteiger partial charge in [-0.2, -0.15) is 0 Å². The maximum absolute atomic E-state index is 10.8. The Morgan fingerprint density at radius 2 is 2.13 bits per heavy atom. The van der Waals surface area contributed by atoms with Crippen LogP contribution < -0.4 is 0 Å². The first-order valence-electron chi connectivity index (χ1n) is 4.03. The van der Waals surface area contributed by atoms with Crippen molar-refractivity contribution in [1.29, 1.82) is 0 Å². The molecule has 0 aliphatic heterocycles. The monoisotopic (exact) mass is 235 g/mol. The quantitative estimate of drug-likeness (QED) is 0.227. The summed E-state index contributed by atoms with van der Waals surface area (Å²) in [6.07, 6.45) is -2.06. The fourth-order valence-corrected chi connectivity index (χ4v) is 2.12. The summed E-state index contributed by atoms with van der Waals surface area (Å²) in [5.41, 5.74) is 8.14. The summed E-state index contributed by atoms with van der Waals surface area (Å²) >= 11 is 0. The highest BCUT2D eigenvalue weighted by atomic mass is 31.2. The van der Waals surface area contributed by atoms with Crippen LogP contribution in [-0.4, -0.2) is 38.2 Å². The predicted octanol–water partition coefficient (Wildman–Crippen LogP) is -0.148. The first kappa shape index (κ1) is 12.2. The molecular formula is C6H10N3O5P. The lowest BCUT2D eigenvalue weighted by Crippen LogP contribution is -2.38. The van der Waals surface area contributed by atoms with Crippen molar-refractivity contribution in [3.63, 3.8) is 0 Å². The van der Waals surface area contributed by atoms with Crippen molar-refractivity contribution in [3.05, 3.63) is 21.8 Å². The molecule has 0 bridgehead atoms. The lowest BCUT2D eigenvalue weighted by Gasteiger charge is -2.28. The second-order valence-electron chi connectivity index (χ2n) is 3.16. The Kier molecular flexibility index (Phi) is 3.51. The molecule has 0 aromatic heterocycles. The van der Waals surface area contributed by atoms with E-state index in [4.69, 9.17) is 15.3 Å². The molecule has 8 nitrogen and oxygen atoms in total. The van der Waals surface area contributed by atoms with E-state index >= 15 is 0 Å². The van der Waals surface area contributed by atoms with Gasteiger partial charge in [0.25, 0.3) is 0 Å². The molecule has 0 unspecified atom stereocenters. The van der Waals surface area contributed by atoms with Gasteiger partial charge in [-0.1, -0.05) is 5.11 Å². The number of hydrogen-bond donors (Lipinski definition) is 4. The van der Waals surface area contributed by atoms with Crippen LogP contribution in [0.25, 0.3) is 10.4 Å². The third kappa shape index (κ3) is 2.79. The minimum atomic E-state index is -4.45. The summed E-state index contributed by atoms with van der Waals surface area (Å²) in [5, 5.41) is 21.6. The molecule has 0 spiro atoms. The molecule has 1 rings (SSSR count). The van der Waals surface area contributed by atoms with Crippen molar-refractivity contribution in [1.82, 2.24) is 0 Å². The standard InChI is InChI=1S/C6H10N3O5P/c7-9-8-6-4(10)1-3(2-5(6)11)15(12,13)14/h1,4-6,10-11H,2H2,(H2,12,13,14)/t4-,5+,6+/m1/s1. The van der Waals surface area contributed by atoms with Crippen LogP contribution in [0, 0.1) is 0 Å². The summed E-state index contributed by atoms with van der Waals surface area (Å²) in [7, 11) is -4.45. The van der Waals surface area contributed by atoms with E-state index in [9.17, 15) is 14.8 Å². The van der Waals surface area contributed by atoms with Crippen molar-refractivity contribution in [2.75, 3.05) is 0 Å². The number of rotatable bonds is 2. The van der Waals surface area contributed by atoms with Crippen molar-refractivity contribution in [2.45, 2.75) is 24.7 Å². The molecule has 4 N–H and O–H groups in total. The molecule has 15 heavy (non-hydrogen) atoms. The van der Waals surface area contributed by atoms with Gasteiger partial charge in [0.15, 0.2) is 0 Å². The maximum atomic E-state index is 10.8. The molecule has 0 radical (unpaired) electrons. The Labute approximate surface area is 84.6 Å². The molecule has 0 heterocycles. The van der Waals surface area contributed by atoms with Crippen LogP contribution in [-0.2, 0) is 4.57 Å². The maximum Gasteiger partial charge on any atom is 0.352 e. The van der Waals surface area contributed by atoms with Gasteiger partial charge in [0.1, 0.15) is 0 Å². The Bertz CT molecular complexity index is 371. The molecule has 0 amide bonds. The summed E-state index contributed by atoms with van der Waals surface area (Å²) in [6, 6.07) is -1.11.